The smallest absolute Gasteiger partial charge is 0.253 e. The van der Waals surface area contributed by atoms with Crippen LogP contribution in [0.4, 0.5) is 5.69 Å². The van der Waals surface area contributed by atoms with Crippen LogP contribution in [-0.4, -0.2) is 44.5 Å². The predicted octanol–water partition coefficient (Wildman–Crippen LogP) is 0.728. The first-order valence-electron chi connectivity index (χ1n) is 9.61. The molecule has 1 fully saturated rings. The van der Waals surface area contributed by atoms with Gasteiger partial charge < -0.3 is 16.4 Å². The topological polar surface area (TPSA) is 147 Å². The molecular formula is C19H28N4O5S. The number of primary amides is 1. The summed E-state index contributed by atoms with van der Waals surface area (Å²) in [6.07, 6.45) is 3.42. The average molecular weight is 425 g/mol. The molecule has 0 aromatic heterocycles. The van der Waals surface area contributed by atoms with Crippen LogP contribution in [0.1, 0.15) is 49.4 Å². The first kappa shape index (κ1) is 22.8. The number of nitrogens with two attached hydrogens (primary N) is 1. The summed E-state index contributed by atoms with van der Waals surface area (Å²) >= 11 is 0. The third-order valence-electron chi connectivity index (χ3n) is 4.79. The minimum absolute atomic E-state index is 0.00980. The normalized spacial score (nSPS) is 19.3. The van der Waals surface area contributed by atoms with E-state index in [0.717, 1.165) is 25.7 Å². The van der Waals surface area contributed by atoms with E-state index >= 15 is 0 Å². The van der Waals surface area contributed by atoms with Crippen LogP contribution in [-0.2, 0) is 19.6 Å². The van der Waals surface area contributed by atoms with E-state index < -0.39 is 33.5 Å². The van der Waals surface area contributed by atoms with Crippen LogP contribution in [0.15, 0.2) is 24.3 Å². The molecule has 0 heterocycles. The van der Waals surface area contributed by atoms with Crippen molar-refractivity contribution in [2.75, 3.05) is 17.6 Å². The van der Waals surface area contributed by atoms with Crippen molar-refractivity contribution in [2.24, 2.45) is 11.7 Å². The maximum Gasteiger partial charge on any atom is 0.253 e. The molecule has 0 aliphatic heterocycles. The molecule has 1 aromatic rings. The van der Waals surface area contributed by atoms with Gasteiger partial charge in [-0.1, -0.05) is 19.1 Å². The maximum absolute atomic E-state index is 12.3. The summed E-state index contributed by atoms with van der Waals surface area (Å²) in [5.74, 6) is -1.92. The van der Waals surface area contributed by atoms with Crippen LogP contribution in [0.3, 0.4) is 0 Å². The molecule has 1 aliphatic rings. The second kappa shape index (κ2) is 10.4. The summed E-state index contributed by atoms with van der Waals surface area (Å²) < 4.78 is 27.2. The van der Waals surface area contributed by atoms with Gasteiger partial charge in [0.15, 0.2) is 0 Å². The van der Waals surface area contributed by atoms with Gasteiger partial charge in [-0.05, 0) is 43.7 Å². The van der Waals surface area contributed by atoms with E-state index in [1.54, 1.807) is 12.1 Å². The van der Waals surface area contributed by atoms with Gasteiger partial charge in [0.25, 0.3) is 5.91 Å². The number of nitrogens with one attached hydrogen (secondary N) is 3. The lowest BCUT2D eigenvalue weighted by Crippen LogP contribution is -2.41. The van der Waals surface area contributed by atoms with Crippen molar-refractivity contribution < 1.29 is 22.8 Å². The molecule has 10 heteroatoms. The Hall–Kier alpha value is -2.46. The van der Waals surface area contributed by atoms with Crippen LogP contribution in [0.25, 0.3) is 0 Å². The standard InChI is InChI=1S/C19H28N4O5S/c1-13-6-8-14(9-7-13)23-29(27,28)12-18(25)22-16-5-3-2-4-15(16)19(26)21-11-10-17(20)24/h2-5,13-14,23H,6-12H2,1H3,(H2,20,24)(H,21,26)(H,22,25). The zero-order valence-corrected chi connectivity index (χ0v) is 17.3. The number of sulfonamides is 1. The summed E-state index contributed by atoms with van der Waals surface area (Å²) in [7, 11) is -3.79. The zero-order valence-electron chi connectivity index (χ0n) is 16.4. The van der Waals surface area contributed by atoms with E-state index in [1.165, 1.54) is 12.1 Å². The molecule has 1 aromatic carbocycles. The van der Waals surface area contributed by atoms with Gasteiger partial charge in [-0.2, -0.15) is 0 Å². The molecule has 160 valence electrons. The fourth-order valence-corrected chi connectivity index (χ4v) is 4.46. The lowest BCUT2D eigenvalue weighted by Gasteiger charge is -2.26. The molecule has 29 heavy (non-hydrogen) atoms. The molecule has 0 saturated heterocycles. The Labute approximate surface area is 170 Å². The summed E-state index contributed by atoms with van der Waals surface area (Å²) in [4.78, 5) is 35.3. The Morgan fingerprint density at radius 2 is 1.76 bits per heavy atom. The Kier molecular flexibility index (Phi) is 8.15. The van der Waals surface area contributed by atoms with Gasteiger partial charge in [-0.15, -0.1) is 0 Å². The number of benzene rings is 1. The zero-order chi connectivity index (χ0) is 21.4. The van der Waals surface area contributed by atoms with E-state index in [4.69, 9.17) is 5.73 Å². The summed E-state index contributed by atoms with van der Waals surface area (Å²) in [5.41, 5.74) is 5.39. The van der Waals surface area contributed by atoms with Crippen LogP contribution < -0.4 is 21.1 Å². The number of carbonyl (C=O) groups excluding carboxylic acids is 3. The number of amides is 3. The third kappa shape index (κ3) is 7.82. The highest BCUT2D eigenvalue weighted by molar-refractivity contribution is 7.90. The minimum Gasteiger partial charge on any atom is -0.370 e. The predicted molar refractivity (Wildman–Crippen MR) is 110 cm³/mol. The number of hydrogen-bond donors (Lipinski definition) is 4. The number of hydrogen-bond acceptors (Lipinski definition) is 5. The van der Waals surface area contributed by atoms with Crippen LogP contribution in [0, 0.1) is 5.92 Å². The van der Waals surface area contributed by atoms with Crippen molar-refractivity contribution in [3.05, 3.63) is 29.8 Å². The minimum atomic E-state index is -3.79. The molecule has 2 rings (SSSR count). The van der Waals surface area contributed by atoms with Crippen molar-refractivity contribution in [2.45, 2.75) is 45.1 Å². The second-order valence-corrected chi connectivity index (χ2v) is 9.15. The third-order valence-corrected chi connectivity index (χ3v) is 6.12. The molecule has 0 atom stereocenters. The van der Waals surface area contributed by atoms with Crippen LogP contribution >= 0.6 is 0 Å². The van der Waals surface area contributed by atoms with Crippen LogP contribution in [0.5, 0.6) is 0 Å². The van der Waals surface area contributed by atoms with E-state index in [1.807, 2.05) is 0 Å². The molecule has 0 bridgehead atoms. The molecule has 9 nitrogen and oxygen atoms in total. The van der Waals surface area contributed by atoms with Gasteiger partial charge in [0.05, 0.1) is 11.3 Å². The van der Waals surface area contributed by atoms with Crippen LogP contribution in [0.2, 0.25) is 0 Å². The average Bonchev–Trinajstić information content (AvgIpc) is 2.63. The van der Waals surface area contributed by atoms with Gasteiger partial charge >= 0.3 is 0 Å². The number of rotatable bonds is 9. The maximum atomic E-state index is 12.3. The molecule has 0 spiro atoms. The largest absolute Gasteiger partial charge is 0.370 e. The second-order valence-electron chi connectivity index (χ2n) is 7.40. The van der Waals surface area contributed by atoms with Crippen molar-refractivity contribution in [1.29, 1.82) is 0 Å². The Morgan fingerprint density at radius 1 is 1.10 bits per heavy atom. The van der Waals surface area contributed by atoms with Gasteiger partial charge in [-0.3, -0.25) is 14.4 Å². The molecule has 0 radical (unpaired) electrons. The molecule has 5 N–H and O–H groups in total. The molecular weight excluding hydrogens is 396 g/mol. The highest BCUT2D eigenvalue weighted by atomic mass is 32.2. The first-order valence-corrected chi connectivity index (χ1v) is 11.3. The lowest BCUT2D eigenvalue weighted by molar-refractivity contribution is -0.118. The monoisotopic (exact) mass is 424 g/mol. The van der Waals surface area contributed by atoms with E-state index in [0.29, 0.717) is 5.92 Å². The van der Waals surface area contributed by atoms with Crippen molar-refractivity contribution in [3.63, 3.8) is 0 Å². The van der Waals surface area contributed by atoms with Gasteiger partial charge in [0, 0.05) is 19.0 Å². The fraction of sp³-hybridized carbons (Fsp3) is 0.526. The quantitative estimate of drug-likeness (QED) is 0.461. The summed E-state index contributed by atoms with van der Waals surface area (Å²) in [6, 6.07) is 6.08. The Balaban J connectivity index is 1.94. The molecule has 1 aliphatic carbocycles. The summed E-state index contributed by atoms with van der Waals surface area (Å²) in [5, 5.41) is 5.01. The van der Waals surface area contributed by atoms with Crippen molar-refractivity contribution >= 4 is 33.4 Å². The van der Waals surface area contributed by atoms with Crippen molar-refractivity contribution in [3.8, 4) is 0 Å². The highest BCUT2D eigenvalue weighted by Gasteiger charge is 2.25. The van der Waals surface area contributed by atoms with E-state index in [2.05, 4.69) is 22.3 Å². The Bertz CT molecular complexity index is 848. The van der Waals surface area contributed by atoms with E-state index in [9.17, 15) is 22.8 Å². The SMILES string of the molecule is CC1CCC(NS(=O)(=O)CC(=O)Nc2ccccc2C(=O)NCCC(N)=O)CC1. The number of anilines is 1. The molecule has 0 unspecified atom stereocenters. The number of carbonyl (C=O) groups is 3. The van der Waals surface area contributed by atoms with Crippen molar-refractivity contribution in [1.82, 2.24) is 10.0 Å². The fourth-order valence-electron chi connectivity index (χ4n) is 3.22. The summed E-state index contributed by atoms with van der Waals surface area (Å²) in [6.45, 7) is 2.20. The molecule has 1 saturated carbocycles. The van der Waals surface area contributed by atoms with Gasteiger partial charge in [-0.25, -0.2) is 13.1 Å². The molecule has 3 amide bonds. The lowest BCUT2D eigenvalue weighted by atomic mass is 9.88. The number of para-hydroxylation sites is 1. The first-order chi connectivity index (χ1) is 13.7. The van der Waals surface area contributed by atoms with Gasteiger partial charge in [0.2, 0.25) is 21.8 Å². The Morgan fingerprint density at radius 3 is 2.41 bits per heavy atom. The van der Waals surface area contributed by atoms with Gasteiger partial charge in [0.1, 0.15) is 5.75 Å². The highest BCUT2D eigenvalue weighted by Crippen LogP contribution is 2.24. The van der Waals surface area contributed by atoms with E-state index in [-0.39, 0.29) is 30.3 Å².